The number of hydrogen-bond acceptors (Lipinski definition) is 2. The number of amides is 2. The van der Waals surface area contributed by atoms with Crippen LogP contribution in [0.5, 0.6) is 0 Å². The summed E-state index contributed by atoms with van der Waals surface area (Å²) in [5, 5.41) is 12.9. The number of nitrogens with zero attached hydrogens (tertiary/aromatic N) is 1. The van der Waals surface area contributed by atoms with Gasteiger partial charge in [-0.15, -0.1) is 0 Å². The second kappa shape index (κ2) is 6.69. The van der Waals surface area contributed by atoms with E-state index < -0.39 is 0 Å². The molecular formula is C18H28N2O2. The first-order valence-corrected chi connectivity index (χ1v) is 8.08. The van der Waals surface area contributed by atoms with E-state index in [1.807, 2.05) is 18.2 Å². The first-order valence-electron chi connectivity index (χ1n) is 8.08. The number of benzene rings is 1. The molecular weight excluding hydrogens is 276 g/mol. The number of aliphatic hydroxyl groups excluding tert-OH is 1. The first kappa shape index (κ1) is 16.8. The number of nitrogens with one attached hydrogen (secondary N) is 1. The molecule has 0 bridgehead atoms. The Morgan fingerprint density at radius 1 is 1.32 bits per heavy atom. The molecule has 0 aromatic heterocycles. The molecule has 0 spiro atoms. The second-order valence-corrected chi connectivity index (χ2v) is 7.36. The Bertz CT molecular complexity index is 522. The summed E-state index contributed by atoms with van der Waals surface area (Å²) in [4.78, 5) is 14.1. The molecule has 1 aliphatic rings. The molecule has 4 heteroatoms. The summed E-state index contributed by atoms with van der Waals surface area (Å²) in [7, 11) is 1.79. The molecule has 1 aromatic carbocycles. The van der Waals surface area contributed by atoms with E-state index >= 15 is 0 Å². The van der Waals surface area contributed by atoms with Gasteiger partial charge >= 0.3 is 6.03 Å². The van der Waals surface area contributed by atoms with Crippen molar-refractivity contribution in [3.8, 4) is 0 Å². The summed E-state index contributed by atoms with van der Waals surface area (Å²) in [5.74, 6) is 0.202. The van der Waals surface area contributed by atoms with Crippen molar-refractivity contribution >= 4 is 11.7 Å². The van der Waals surface area contributed by atoms with Crippen LogP contribution in [0.4, 0.5) is 10.5 Å². The van der Waals surface area contributed by atoms with E-state index in [1.165, 1.54) is 0 Å². The van der Waals surface area contributed by atoms with Crippen LogP contribution >= 0.6 is 0 Å². The summed E-state index contributed by atoms with van der Waals surface area (Å²) < 4.78 is 0. The van der Waals surface area contributed by atoms with Crippen LogP contribution in [0.1, 0.15) is 45.6 Å². The van der Waals surface area contributed by atoms with Gasteiger partial charge in [0.2, 0.25) is 0 Å². The Hall–Kier alpha value is -1.55. The van der Waals surface area contributed by atoms with Gasteiger partial charge in [-0.3, -0.25) is 0 Å². The SMILES string of the molecule is CN(CC1CCCC1O)C(=O)Nc1ccccc1C(C)(C)C. The maximum Gasteiger partial charge on any atom is 0.321 e. The van der Waals surface area contributed by atoms with Gasteiger partial charge in [-0.2, -0.15) is 0 Å². The maximum absolute atomic E-state index is 12.4. The zero-order chi connectivity index (χ0) is 16.3. The van der Waals surface area contributed by atoms with Crippen molar-refractivity contribution in [1.82, 2.24) is 4.90 Å². The van der Waals surface area contributed by atoms with Crippen molar-refractivity contribution in [2.75, 3.05) is 18.9 Å². The van der Waals surface area contributed by atoms with Gasteiger partial charge < -0.3 is 15.3 Å². The lowest BCUT2D eigenvalue weighted by Gasteiger charge is -2.26. The van der Waals surface area contributed by atoms with E-state index in [4.69, 9.17) is 0 Å². The van der Waals surface area contributed by atoms with Crippen molar-refractivity contribution in [3.63, 3.8) is 0 Å². The fraction of sp³-hybridized carbons (Fsp3) is 0.611. The lowest BCUT2D eigenvalue weighted by Crippen LogP contribution is -2.37. The van der Waals surface area contributed by atoms with Crippen molar-refractivity contribution < 1.29 is 9.90 Å². The molecule has 0 saturated heterocycles. The molecule has 0 radical (unpaired) electrons. The lowest BCUT2D eigenvalue weighted by atomic mass is 9.86. The Labute approximate surface area is 133 Å². The average molecular weight is 304 g/mol. The van der Waals surface area contributed by atoms with Crippen LogP contribution in [0, 0.1) is 5.92 Å². The first-order chi connectivity index (χ1) is 10.3. The molecule has 4 nitrogen and oxygen atoms in total. The highest BCUT2D eigenvalue weighted by molar-refractivity contribution is 5.90. The molecule has 2 amide bonds. The zero-order valence-corrected chi connectivity index (χ0v) is 14.1. The molecule has 2 atom stereocenters. The van der Waals surface area contributed by atoms with Crippen LogP contribution in [0.15, 0.2) is 24.3 Å². The van der Waals surface area contributed by atoms with Crippen molar-refractivity contribution in [2.45, 2.75) is 51.6 Å². The van der Waals surface area contributed by atoms with Crippen molar-refractivity contribution in [1.29, 1.82) is 0 Å². The predicted octanol–water partition coefficient (Wildman–Crippen LogP) is 3.61. The molecule has 0 aliphatic heterocycles. The number of para-hydroxylation sites is 1. The van der Waals surface area contributed by atoms with Crippen LogP contribution in [-0.2, 0) is 5.41 Å². The van der Waals surface area contributed by atoms with Crippen LogP contribution in [0.3, 0.4) is 0 Å². The van der Waals surface area contributed by atoms with E-state index in [0.29, 0.717) is 6.54 Å². The third-order valence-corrected chi connectivity index (χ3v) is 4.45. The van der Waals surface area contributed by atoms with Crippen molar-refractivity contribution in [3.05, 3.63) is 29.8 Å². The van der Waals surface area contributed by atoms with Gasteiger partial charge in [0.05, 0.1) is 6.10 Å². The molecule has 1 aromatic rings. The number of carbonyl (C=O) groups excluding carboxylic acids is 1. The highest BCUT2D eigenvalue weighted by Crippen LogP contribution is 2.30. The van der Waals surface area contributed by atoms with Crippen LogP contribution in [0.2, 0.25) is 0 Å². The summed E-state index contributed by atoms with van der Waals surface area (Å²) in [6.07, 6.45) is 2.63. The molecule has 2 unspecified atom stereocenters. The minimum Gasteiger partial charge on any atom is -0.393 e. The van der Waals surface area contributed by atoms with E-state index in [1.54, 1.807) is 11.9 Å². The molecule has 22 heavy (non-hydrogen) atoms. The molecule has 2 rings (SSSR count). The van der Waals surface area contributed by atoms with Gasteiger partial charge in [0.1, 0.15) is 0 Å². The normalized spacial score (nSPS) is 21.7. The lowest BCUT2D eigenvalue weighted by molar-refractivity contribution is 0.116. The summed E-state index contributed by atoms with van der Waals surface area (Å²) in [6, 6.07) is 7.81. The average Bonchev–Trinajstić information content (AvgIpc) is 2.83. The quantitative estimate of drug-likeness (QED) is 0.896. The Morgan fingerprint density at radius 2 is 2.00 bits per heavy atom. The minimum atomic E-state index is -0.267. The molecule has 0 heterocycles. The molecule has 1 aliphatic carbocycles. The van der Waals surface area contributed by atoms with E-state index in [0.717, 1.165) is 30.5 Å². The Kier molecular flexibility index (Phi) is 5.12. The highest BCUT2D eigenvalue weighted by atomic mass is 16.3. The number of anilines is 1. The third kappa shape index (κ3) is 4.01. The molecule has 1 fully saturated rings. The van der Waals surface area contributed by atoms with E-state index in [-0.39, 0.29) is 23.5 Å². The zero-order valence-electron chi connectivity index (χ0n) is 14.1. The third-order valence-electron chi connectivity index (χ3n) is 4.45. The Balaban J connectivity index is 2.03. The van der Waals surface area contributed by atoms with Gasteiger partial charge in [0, 0.05) is 25.2 Å². The molecule has 1 saturated carbocycles. The number of rotatable bonds is 3. The van der Waals surface area contributed by atoms with Gasteiger partial charge in [0.25, 0.3) is 0 Å². The minimum absolute atomic E-state index is 0.0237. The predicted molar refractivity (Wildman–Crippen MR) is 90.1 cm³/mol. The number of hydrogen-bond donors (Lipinski definition) is 2. The second-order valence-electron chi connectivity index (χ2n) is 7.36. The van der Waals surface area contributed by atoms with E-state index in [2.05, 4.69) is 32.2 Å². The number of aliphatic hydroxyl groups is 1. The summed E-state index contributed by atoms with van der Waals surface area (Å²) in [5.41, 5.74) is 1.96. The smallest absolute Gasteiger partial charge is 0.321 e. The fourth-order valence-electron chi connectivity index (χ4n) is 3.12. The van der Waals surface area contributed by atoms with Gasteiger partial charge in [-0.25, -0.2) is 4.79 Å². The maximum atomic E-state index is 12.4. The number of carbonyl (C=O) groups is 1. The van der Waals surface area contributed by atoms with E-state index in [9.17, 15) is 9.90 Å². The van der Waals surface area contributed by atoms with Gasteiger partial charge in [-0.1, -0.05) is 45.4 Å². The summed E-state index contributed by atoms with van der Waals surface area (Å²) >= 11 is 0. The van der Waals surface area contributed by atoms with Crippen molar-refractivity contribution in [2.24, 2.45) is 5.92 Å². The van der Waals surface area contributed by atoms with Crippen LogP contribution < -0.4 is 5.32 Å². The molecule has 122 valence electrons. The number of urea groups is 1. The topological polar surface area (TPSA) is 52.6 Å². The van der Waals surface area contributed by atoms with Gasteiger partial charge in [-0.05, 0) is 29.9 Å². The molecule has 2 N–H and O–H groups in total. The van der Waals surface area contributed by atoms with Gasteiger partial charge in [0.15, 0.2) is 0 Å². The van der Waals surface area contributed by atoms with Crippen LogP contribution in [0.25, 0.3) is 0 Å². The summed E-state index contributed by atoms with van der Waals surface area (Å²) in [6.45, 7) is 7.01. The largest absolute Gasteiger partial charge is 0.393 e. The fourth-order valence-corrected chi connectivity index (χ4v) is 3.12. The Morgan fingerprint density at radius 3 is 2.59 bits per heavy atom. The standard InChI is InChI=1S/C18H28N2O2/c1-18(2,3)14-9-5-6-10-15(14)19-17(22)20(4)12-13-8-7-11-16(13)21/h5-6,9-10,13,16,21H,7-8,11-12H2,1-4H3,(H,19,22). The monoisotopic (exact) mass is 304 g/mol. The van der Waals surface area contributed by atoms with Crippen LogP contribution in [-0.4, -0.2) is 35.7 Å². The highest BCUT2D eigenvalue weighted by Gasteiger charge is 2.28.